The molecule has 0 aromatic carbocycles. The minimum Gasteiger partial charge on any atom is -0.488 e. The van der Waals surface area contributed by atoms with Crippen LogP contribution in [0.3, 0.4) is 0 Å². The number of ether oxygens (including phenoxy) is 1. The van der Waals surface area contributed by atoms with Crippen LogP contribution in [-0.2, 0) is 6.54 Å². The molecule has 4 heterocycles. The van der Waals surface area contributed by atoms with Crippen LogP contribution in [0.15, 0.2) is 10.8 Å². The minimum absolute atomic E-state index is 0.149. The van der Waals surface area contributed by atoms with Gasteiger partial charge in [-0.2, -0.15) is 11.8 Å². The molecule has 10 nitrogen and oxygen atoms in total. The number of nitrogens with two attached hydrogens (primary N) is 1. The summed E-state index contributed by atoms with van der Waals surface area (Å²) in [5, 5.41) is 18.0. The maximum atomic E-state index is 10.0. The molecule has 3 aromatic heterocycles. The van der Waals surface area contributed by atoms with Gasteiger partial charge in [0.2, 0.25) is 0 Å². The molecular weight excluding hydrogens is 430 g/mol. The minimum atomic E-state index is -1.16. The fourth-order valence-corrected chi connectivity index (χ4v) is 4.79. The number of pyridine rings is 1. The molecule has 1 unspecified atom stereocenters. The summed E-state index contributed by atoms with van der Waals surface area (Å²) in [7, 11) is 2.12. The molecule has 4 rings (SSSR count). The van der Waals surface area contributed by atoms with Crippen LogP contribution in [0.5, 0.6) is 5.75 Å². The quantitative estimate of drug-likeness (QED) is 0.546. The number of rotatable bonds is 5. The van der Waals surface area contributed by atoms with E-state index in [1.807, 2.05) is 23.3 Å². The van der Waals surface area contributed by atoms with Crippen LogP contribution in [0.25, 0.3) is 22.6 Å². The first-order valence-electron chi connectivity index (χ1n) is 10.4. The van der Waals surface area contributed by atoms with Crippen molar-refractivity contribution >= 4 is 28.6 Å². The summed E-state index contributed by atoms with van der Waals surface area (Å²) in [5.41, 5.74) is 6.86. The molecular formula is C21H27N7O3S. The van der Waals surface area contributed by atoms with Crippen molar-refractivity contribution in [3.8, 4) is 29.1 Å². The Kier molecular flexibility index (Phi) is 6.28. The van der Waals surface area contributed by atoms with Gasteiger partial charge in [0.15, 0.2) is 23.1 Å². The summed E-state index contributed by atoms with van der Waals surface area (Å²) in [6, 6.07) is 0. The second kappa shape index (κ2) is 8.97. The highest BCUT2D eigenvalue weighted by atomic mass is 32.2. The molecule has 0 bridgehead atoms. The number of aromatic nitrogens is 5. The number of aliphatic hydroxyl groups is 1. The van der Waals surface area contributed by atoms with Gasteiger partial charge in [0.1, 0.15) is 28.9 Å². The first-order chi connectivity index (χ1) is 15.3. The second-order valence-electron chi connectivity index (χ2n) is 8.22. The van der Waals surface area contributed by atoms with Gasteiger partial charge in [0.25, 0.3) is 0 Å². The molecule has 0 saturated carbocycles. The zero-order valence-corrected chi connectivity index (χ0v) is 19.4. The highest BCUT2D eigenvalue weighted by molar-refractivity contribution is 8.00. The van der Waals surface area contributed by atoms with Crippen LogP contribution in [0.4, 0.5) is 5.82 Å². The van der Waals surface area contributed by atoms with Gasteiger partial charge >= 0.3 is 0 Å². The molecule has 0 amide bonds. The number of imidazole rings is 1. The summed E-state index contributed by atoms with van der Waals surface area (Å²) < 4.78 is 13.0. The lowest BCUT2D eigenvalue weighted by Crippen LogP contribution is -2.37. The summed E-state index contributed by atoms with van der Waals surface area (Å²) in [6.07, 6.45) is 1.66. The predicted molar refractivity (Wildman–Crippen MR) is 123 cm³/mol. The van der Waals surface area contributed by atoms with Gasteiger partial charge < -0.3 is 25.0 Å². The van der Waals surface area contributed by atoms with E-state index in [0.717, 1.165) is 24.4 Å². The Morgan fingerprint density at radius 2 is 2.22 bits per heavy atom. The number of thioether (sulfide) groups is 1. The van der Waals surface area contributed by atoms with Crippen LogP contribution in [-0.4, -0.2) is 78.2 Å². The van der Waals surface area contributed by atoms with Crippen LogP contribution in [0.1, 0.15) is 26.5 Å². The average molecular weight is 458 g/mol. The Labute approximate surface area is 190 Å². The van der Waals surface area contributed by atoms with Gasteiger partial charge in [0.05, 0.1) is 11.4 Å². The summed E-state index contributed by atoms with van der Waals surface area (Å²) in [6.45, 7) is 8.41. The number of aryl methyl sites for hydroxylation is 1. The van der Waals surface area contributed by atoms with Gasteiger partial charge in [-0.3, -0.25) is 0 Å². The molecule has 1 aliphatic heterocycles. The van der Waals surface area contributed by atoms with Gasteiger partial charge in [-0.05, 0) is 44.1 Å². The van der Waals surface area contributed by atoms with Crippen LogP contribution >= 0.6 is 11.8 Å². The third-order valence-electron chi connectivity index (χ3n) is 5.03. The molecule has 0 aliphatic carbocycles. The van der Waals surface area contributed by atoms with Crippen molar-refractivity contribution in [3.05, 3.63) is 11.9 Å². The second-order valence-corrected chi connectivity index (χ2v) is 9.63. The van der Waals surface area contributed by atoms with E-state index in [4.69, 9.17) is 20.1 Å². The Bertz CT molecular complexity index is 1170. The molecule has 1 atom stereocenters. The van der Waals surface area contributed by atoms with Gasteiger partial charge in [-0.15, -0.1) is 0 Å². The standard InChI is InChI=1S/C21H27N7O3S/c1-5-28-18-15(30-12-13-11-27(4)8-9-32-13)10-23-14(6-7-21(2,3)29)16(18)24-20(28)17-19(22)26-31-25-17/h10,13,29H,5,8-9,11-12H2,1-4H3,(H2,22,26). The molecule has 11 heteroatoms. The van der Waals surface area contributed by atoms with E-state index in [1.165, 1.54) is 0 Å². The van der Waals surface area contributed by atoms with Crippen molar-refractivity contribution in [2.45, 2.75) is 38.2 Å². The van der Waals surface area contributed by atoms with E-state index in [9.17, 15) is 5.11 Å². The number of nitrogen functional groups attached to an aromatic ring is 1. The maximum Gasteiger partial charge on any atom is 0.199 e. The van der Waals surface area contributed by atoms with E-state index in [0.29, 0.717) is 46.9 Å². The summed E-state index contributed by atoms with van der Waals surface area (Å²) in [5.74, 6) is 8.09. The fourth-order valence-electron chi connectivity index (χ4n) is 3.51. The number of fused-ring (bicyclic) bond motifs is 1. The number of hydrogen-bond donors (Lipinski definition) is 2. The highest BCUT2D eigenvalue weighted by Crippen LogP contribution is 2.33. The Balaban J connectivity index is 1.80. The van der Waals surface area contributed by atoms with Crippen molar-refractivity contribution in [2.75, 3.05) is 38.2 Å². The van der Waals surface area contributed by atoms with Crippen molar-refractivity contribution < 1.29 is 14.5 Å². The lowest BCUT2D eigenvalue weighted by atomic mass is 10.1. The number of anilines is 1. The molecule has 1 fully saturated rings. The average Bonchev–Trinajstić information content (AvgIpc) is 3.33. The molecule has 0 radical (unpaired) electrons. The van der Waals surface area contributed by atoms with E-state index < -0.39 is 5.60 Å². The van der Waals surface area contributed by atoms with Crippen molar-refractivity contribution in [1.29, 1.82) is 0 Å². The smallest absolute Gasteiger partial charge is 0.199 e. The largest absolute Gasteiger partial charge is 0.488 e. The summed E-state index contributed by atoms with van der Waals surface area (Å²) >= 11 is 1.91. The summed E-state index contributed by atoms with van der Waals surface area (Å²) in [4.78, 5) is 11.5. The Morgan fingerprint density at radius 3 is 2.88 bits per heavy atom. The molecule has 170 valence electrons. The Hall–Kier alpha value is -2.81. The fraction of sp³-hybridized carbons (Fsp3) is 0.524. The number of hydrogen-bond acceptors (Lipinski definition) is 10. The number of nitrogens with zero attached hydrogens (tertiary/aromatic N) is 6. The van der Waals surface area contributed by atoms with E-state index >= 15 is 0 Å². The van der Waals surface area contributed by atoms with E-state index in [-0.39, 0.29) is 5.82 Å². The maximum absolute atomic E-state index is 10.0. The van der Waals surface area contributed by atoms with Crippen molar-refractivity contribution in [2.24, 2.45) is 0 Å². The topological polar surface area (TPSA) is 128 Å². The van der Waals surface area contributed by atoms with Crippen LogP contribution in [0.2, 0.25) is 0 Å². The van der Waals surface area contributed by atoms with E-state index in [1.54, 1.807) is 20.0 Å². The zero-order chi connectivity index (χ0) is 22.9. The molecule has 3 aromatic rings. The third-order valence-corrected chi connectivity index (χ3v) is 6.21. The lowest BCUT2D eigenvalue weighted by Gasteiger charge is -2.29. The third kappa shape index (κ3) is 4.67. The van der Waals surface area contributed by atoms with Gasteiger partial charge in [0, 0.05) is 25.4 Å². The van der Waals surface area contributed by atoms with Crippen LogP contribution < -0.4 is 10.5 Å². The normalized spacial score (nSPS) is 17.3. The van der Waals surface area contributed by atoms with Crippen molar-refractivity contribution in [3.63, 3.8) is 0 Å². The predicted octanol–water partition coefficient (Wildman–Crippen LogP) is 1.63. The lowest BCUT2D eigenvalue weighted by molar-refractivity contribution is 0.143. The van der Waals surface area contributed by atoms with Crippen LogP contribution in [0, 0.1) is 11.8 Å². The molecule has 3 N–H and O–H groups in total. The molecule has 1 aliphatic rings. The first-order valence-corrected chi connectivity index (χ1v) is 11.5. The van der Waals surface area contributed by atoms with Gasteiger partial charge in [-0.25, -0.2) is 14.6 Å². The first kappa shape index (κ1) is 22.4. The van der Waals surface area contributed by atoms with Crippen molar-refractivity contribution in [1.82, 2.24) is 29.7 Å². The SMILES string of the molecule is CCn1c(-c2nonc2N)nc2c(C#CC(C)(C)O)ncc(OCC3CN(C)CCS3)c21. The molecule has 1 saturated heterocycles. The monoisotopic (exact) mass is 457 g/mol. The highest BCUT2D eigenvalue weighted by Gasteiger charge is 2.24. The Morgan fingerprint density at radius 1 is 1.41 bits per heavy atom. The molecule has 0 spiro atoms. The van der Waals surface area contributed by atoms with Gasteiger partial charge in [-0.1, -0.05) is 5.92 Å². The van der Waals surface area contributed by atoms with E-state index in [2.05, 4.69) is 39.1 Å². The molecule has 32 heavy (non-hydrogen) atoms. The zero-order valence-electron chi connectivity index (χ0n) is 18.6.